The van der Waals surface area contributed by atoms with Crippen LogP contribution in [0.3, 0.4) is 0 Å². The van der Waals surface area contributed by atoms with Crippen LogP contribution < -0.4 is 0 Å². The highest BCUT2D eigenvalue weighted by Gasteiger charge is 2.24. The molecule has 4 heterocycles. The zero-order valence-electron chi connectivity index (χ0n) is 18.2. The molecule has 1 aliphatic rings. The number of hydrogen-bond donors (Lipinski definition) is 0. The molecule has 0 saturated carbocycles. The normalized spacial score (nSPS) is 13.7. The number of likely N-dealkylation sites (tertiary alicyclic amines) is 1. The fourth-order valence-electron chi connectivity index (χ4n) is 3.98. The third kappa shape index (κ3) is 3.75. The molecule has 6 rings (SSSR count). The van der Waals surface area contributed by atoms with Gasteiger partial charge < -0.3 is 4.52 Å². The molecule has 0 unspecified atom stereocenters. The Morgan fingerprint density at radius 2 is 1.71 bits per heavy atom. The molecule has 8 nitrogen and oxygen atoms in total. The standard InChI is InChI=1S/C25H20FN7O/c26-20-4-1-2-5-21(20)33-23(18-10-12-27-13-11-18)22(29-31-33)25-28-24(30-34-25)19-8-6-17(7-9-19)16-32-14-3-15-32/h1-2,4-13H,3,14-16H2. The van der Waals surface area contributed by atoms with Gasteiger partial charge in [0.1, 0.15) is 17.2 Å². The maximum Gasteiger partial charge on any atom is 0.281 e. The van der Waals surface area contributed by atoms with Crippen molar-refractivity contribution in [2.24, 2.45) is 0 Å². The third-order valence-corrected chi connectivity index (χ3v) is 5.90. The Morgan fingerprint density at radius 3 is 2.44 bits per heavy atom. The van der Waals surface area contributed by atoms with Crippen LogP contribution in [0, 0.1) is 5.82 Å². The molecule has 0 N–H and O–H groups in total. The maximum atomic E-state index is 14.6. The SMILES string of the molecule is Fc1ccccc1-n1nnc(-c2nc(-c3ccc(CN4CCC4)cc3)no2)c1-c1ccncc1. The van der Waals surface area contributed by atoms with Crippen LogP contribution in [-0.4, -0.2) is 48.1 Å². The second-order valence-corrected chi connectivity index (χ2v) is 8.14. The lowest BCUT2D eigenvalue weighted by Gasteiger charge is -2.30. The fourth-order valence-corrected chi connectivity index (χ4v) is 3.98. The van der Waals surface area contributed by atoms with Crippen LogP contribution in [0.5, 0.6) is 0 Å². The van der Waals surface area contributed by atoms with Crippen LogP contribution in [0.1, 0.15) is 12.0 Å². The third-order valence-electron chi connectivity index (χ3n) is 5.90. The first-order valence-corrected chi connectivity index (χ1v) is 11.0. The van der Waals surface area contributed by atoms with E-state index >= 15 is 0 Å². The minimum atomic E-state index is -0.418. The van der Waals surface area contributed by atoms with Crippen molar-refractivity contribution in [3.05, 3.63) is 84.4 Å². The van der Waals surface area contributed by atoms with E-state index in [1.807, 2.05) is 12.1 Å². The zero-order valence-corrected chi connectivity index (χ0v) is 18.2. The summed E-state index contributed by atoms with van der Waals surface area (Å²) in [6.45, 7) is 3.26. The number of benzene rings is 2. The first-order valence-electron chi connectivity index (χ1n) is 11.0. The average Bonchev–Trinajstić information content (AvgIpc) is 3.50. The van der Waals surface area contributed by atoms with Crippen molar-refractivity contribution in [2.45, 2.75) is 13.0 Å². The molecule has 1 aliphatic heterocycles. The van der Waals surface area contributed by atoms with E-state index in [1.54, 1.807) is 42.7 Å². The average molecular weight is 453 g/mol. The highest BCUT2D eigenvalue weighted by molar-refractivity contribution is 5.76. The first-order chi connectivity index (χ1) is 16.8. The van der Waals surface area contributed by atoms with Gasteiger partial charge in [0.15, 0.2) is 5.69 Å². The van der Waals surface area contributed by atoms with E-state index in [1.165, 1.54) is 22.7 Å². The van der Waals surface area contributed by atoms with E-state index in [2.05, 4.69) is 42.5 Å². The van der Waals surface area contributed by atoms with Crippen molar-refractivity contribution >= 4 is 0 Å². The van der Waals surface area contributed by atoms with E-state index < -0.39 is 5.82 Å². The molecule has 34 heavy (non-hydrogen) atoms. The van der Waals surface area contributed by atoms with Crippen LogP contribution in [-0.2, 0) is 6.54 Å². The number of para-hydroxylation sites is 1. The molecule has 5 aromatic rings. The van der Waals surface area contributed by atoms with Crippen molar-refractivity contribution in [1.29, 1.82) is 0 Å². The second kappa shape index (κ2) is 8.60. The Bertz CT molecular complexity index is 1430. The maximum absolute atomic E-state index is 14.6. The van der Waals surface area contributed by atoms with E-state index in [-0.39, 0.29) is 11.6 Å². The number of nitrogens with zero attached hydrogens (tertiary/aromatic N) is 7. The molecule has 9 heteroatoms. The summed E-state index contributed by atoms with van der Waals surface area (Å²) in [6.07, 6.45) is 4.57. The Labute approximate surface area is 194 Å². The van der Waals surface area contributed by atoms with Gasteiger partial charge in [-0.25, -0.2) is 9.07 Å². The van der Waals surface area contributed by atoms with Gasteiger partial charge in [0.2, 0.25) is 5.82 Å². The summed E-state index contributed by atoms with van der Waals surface area (Å²) in [6, 6.07) is 18.1. The van der Waals surface area contributed by atoms with Gasteiger partial charge in [0.25, 0.3) is 5.89 Å². The number of aromatic nitrogens is 6. The van der Waals surface area contributed by atoms with Crippen LogP contribution in [0.25, 0.3) is 39.9 Å². The molecule has 2 aromatic carbocycles. The van der Waals surface area contributed by atoms with Gasteiger partial charge in [-0.3, -0.25) is 9.88 Å². The van der Waals surface area contributed by atoms with Crippen molar-refractivity contribution in [3.63, 3.8) is 0 Å². The van der Waals surface area contributed by atoms with Crippen molar-refractivity contribution in [2.75, 3.05) is 13.1 Å². The molecule has 3 aromatic heterocycles. The van der Waals surface area contributed by atoms with Crippen LogP contribution in [0.2, 0.25) is 0 Å². The fraction of sp³-hybridized carbons (Fsp3) is 0.160. The first kappa shape index (κ1) is 20.4. The van der Waals surface area contributed by atoms with E-state index in [0.29, 0.717) is 17.2 Å². The van der Waals surface area contributed by atoms with Gasteiger partial charge in [0.05, 0.1) is 0 Å². The highest BCUT2D eigenvalue weighted by atomic mass is 19.1. The molecular weight excluding hydrogens is 433 g/mol. The number of pyridine rings is 1. The lowest BCUT2D eigenvalue weighted by atomic mass is 10.1. The van der Waals surface area contributed by atoms with Crippen molar-refractivity contribution in [3.8, 4) is 39.9 Å². The lowest BCUT2D eigenvalue weighted by Crippen LogP contribution is -2.36. The molecule has 0 spiro atoms. The van der Waals surface area contributed by atoms with Gasteiger partial charge in [-0.1, -0.05) is 46.8 Å². The summed E-state index contributed by atoms with van der Waals surface area (Å²) in [4.78, 5) is 11.1. The molecular formula is C25H20FN7O. The van der Waals surface area contributed by atoms with Gasteiger partial charge in [-0.15, -0.1) is 5.10 Å². The second-order valence-electron chi connectivity index (χ2n) is 8.14. The number of rotatable bonds is 6. The van der Waals surface area contributed by atoms with E-state index in [4.69, 9.17) is 4.52 Å². The zero-order chi connectivity index (χ0) is 22.9. The number of hydrogen-bond acceptors (Lipinski definition) is 7. The summed E-state index contributed by atoms with van der Waals surface area (Å²) >= 11 is 0. The lowest BCUT2D eigenvalue weighted by molar-refractivity contribution is 0.172. The van der Waals surface area contributed by atoms with Gasteiger partial charge >= 0.3 is 0 Å². The molecule has 0 radical (unpaired) electrons. The monoisotopic (exact) mass is 453 g/mol. The van der Waals surface area contributed by atoms with E-state index in [0.717, 1.165) is 30.8 Å². The van der Waals surface area contributed by atoms with Crippen molar-refractivity contribution in [1.82, 2.24) is 35.0 Å². The topological polar surface area (TPSA) is 85.8 Å². The predicted octanol–water partition coefficient (Wildman–Crippen LogP) is 4.39. The smallest absolute Gasteiger partial charge is 0.281 e. The molecule has 0 aliphatic carbocycles. The molecule has 0 bridgehead atoms. The molecule has 1 saturated heterocycles. The molecule has 0 amide bonds. The quantitative estimate of drug-likeness (QED) is 0.377. The minimum Gasteiger partial charge on any atom is -0.332 e. The Morgan fingerprint density at radius 1 is 0.912 bits per heavy atom. The minimum absolute atomic E-state index is 0.203. The Kier molecular flexibility index (Phi) is 5.15. The summed E-state index contributed by atoms with van der Waals surface area (Å²) < 4.78 is 21.6. The van der Waals surface area contributed by atoms with Crippen LogP contribution >= 0.6 is 0 Å². The molecule has 0 atom stereocenters. The largest absolute Gasteiger partial charge is 0.332 e. The summed E-state index contributed by atoms with van der Waals surface area (Å²) in [5.74, 6) is 0.236. The number of halogens is 1. The molecule has 1 fully saturated rings. The van der Waals surface area contributed by atoms with Crippen LogP contribution in [0.4, 0.5) is 4.39 Å². The molecule has 168 valence electrons. The Balaban J connectivity index is 1.37. The highest BCUT2D eigenvalue weighted by Crippen LogP contribution is 2.32. The van der Waals surface area contributed by atoms with Crippen LogP contribution in [0.15, 0.2) is 77.6 Å². The summed E-state index contributed by atoms with van der Waals surface area (Å²) in [7, 11) is 0. The van der Waals surface area contributed by atoms with E-state index in [9.17, 15) is 4.39 Å². The summed E-state index contributed by atoms with van der Waals surface area (Å²) in [5.41, 5.74) is 4.00. The Hall–Kier alpha value is -4.24. The predicted molar refractivity (Wildman–Crippen MR) is 123 cm³/mol. The van der Waals surface area contributed by atoms with Gasteiger partial charge in [0, 0.05) is 30.1 Å². The van der Waals surface area contributed by atoms with Gasteiger partial charge in [-0.05, 0) is 49.3 Å². The summed E-state index contributed by atoms with van der Waals surface area (Å²) in [5, 5.41) is 12.6. The van der Waals surface area contributed by atoms with Crippen molar-refractivity contribution < 1.29 is 8.91 Å². The van der Waals surface area contributed by atoms with Gasteiger partial charge in [-0.2, -0.15) is 4.98 Å².